The highest BCUT2D eigenvalue weighted by Crippen LogP contribution is 2.36. The molecule has 1 aromatic carbocycles. The zero-order valence-corrected chi connectivity index (χ0v) is 23.7. The number of pyridine rings is 1. The van der Waals surface area contributed by atoms with Crippen LogP contribution in [0.15, 0.2) is 30.5 Å². The van der Waals surface area contributed by atoms with Crippen molar-refractivity contribution in [2.45, 2.75) is 103 Å². The van der Waals surface area contributed by atoms with Crippen molar-refractivity contribution >= 4 is 28.7 Å². The molecule has 3 heterocycles. The van der Waals surface area contributed by atoms with E-state index in [1.54, 1.807) is 6.20 Å². The van der Waals surface area contributed by atoms with E-state index in [4.69, 9.17) is 9.47 Å². The van der Waals surface area contributed by atoms with Crippen molar-refractivity contribution in [3.05, 3.63) is 36.0 Å². The van der Waals surface area contributed by atoms with Gasteiger partial charge in [0.2, 0.25) is 11.8 Å². The molecule has 4 bridgehead atoms. The van der Waals surface area contributed by atoms with Crippen LogP contribution in [0.3, 0.4) is 0 Å². The first-order valence-corrected chi connectivity index (χ1v) is 14.7. The maximum atomic E-state index is 14.2. The number of nitrogens with one attached hydrogen (secondary N) is 1. The number of fused-ring (bicyclic) bond motifs is 3. The summed E-state index contributed by atoms with van der Waals surface area (Å²) in [4.78, 5) is 45.7. The van der Waals surface area contributed by atoms with E-state index >= 15 is 0 Å². The fraction of sp³-hybridized carbons (Fsp3) is 0.613. The quantitative estimate of drug-likeness (QED) is 0.545. The predicted molar refractivity (Wildman–Crippen MR) is 150 cm³/mol. The number of carboxylic acid groups (broad SMARTS) is 1. The van der Waals surface area contributed by atoms with Gasteiger partial charge in [-0.3, -0.25) is 4.79 Å². The Bertz CT molecular complexity index is 1260. The first kappa shape index (κ1) is 28.2. The lowest BCUT2D eigenvalue weighted by atomic mass is 9.87. The highest BCUT2D eigenvalue weighted by molar-refractivity contribution is 5.91. The second-order valence-electron chi connectivity index (χ2n) is 12.4. The molecular formula is C31H41N3O6. The number of hydrogen-bond donors (Lipinski definition) is 2. The van der Waals surface area contributed by atoms with Gasteiger partial charge < -0.3 is 24.8 Å². The van der Waals surface area contributed by atoms with E-state index in [1.165, 1.54) is 4.90 Å². The van der Waals surface area contributed by atoms with Crippen LogP contribution < -0.4 is 10.1 Å². The van der Waals surface area contributed by atoms with Gasteiger partial charge in [-0.2, -0.15) is 0 Å². The summed E-state index contributed by atoms with van der Waals surface area (Å²) in [6.45, 7) is 6.30. The van der Waals surface area contributed by atoms with Crippen LogP contribution in [-0.2, 0) is 20.7 Å². The summed E-state index contributed by atoms with van der Waals surface area (Å²) >= 11 is 0. The number of alkyl carbamates (subject to hydrolysis) is 1. The lowest BCUT2D eigenvalue weighted by molar-refractivity contribution is -0.151. The molecule has 40 heavy (non-hydrogen) atoms. The highest BCUT2D eigenvalue weighted by atomic mass is 16.5. The summed E-state index contributed by atoms with van der Waals surface area (Å²) in [7, 11) is 0. The Kier molecular flexibility index (Phi) is 8.19. The van der Waals surface area contributed by atoms with Crippen molar-refractivity contribution in [1.29, 1.82) is 0 Å². The molecule has 1 aromatic heterocycles. The van der Waals surface area contributed by atoms with E-state index in [0.29, 0.717) is 12.3 Å². The first-order chi connectivity index (χ1) is 19.2. The molecule has 0 unspecified atom stereocenters. The molecule has 4 atom stereocenters. The number of carboxylic acids is 1. The number of carbonyl (C=O) groups is 3. The number of aromatic nitrogens is 1. The number of aliphatic carboxylic acids is 1. The molecule has 2 amide bonds. The minimum Gasteiger partial charge on any atom is -0.480 e. The van der Waals surface area contributed by atoms with Crippen LogP contribution in [0.4, 0.5) is 4.79 Å². The second kappa shape index (κ2) is 11.6. The van der Waals surface area contributed by atoms with Crippen molar-refractivity contribution in [1.82, 2.24) is 15.2 Å². The third-order valence-electron chi connectivity index (χ3n) is 8.92. The van der Waals surface area contributed by atoms with Crippen molar-refractivity contribution in [3.8, 4) is 5.88 Å². The maximum absolute atomic E-state index is 14.2. The third-order valence-corrected chi connectivity index (χ3v) is 8.92. The molecule has 0 radical (unpaired) electrons. The summed E-state index contributed by atoms with van der Waals surface area (Å²) in [6.07, 6.45) is 7.34. The molecular weight excluding hydrogens is 510 g/mol. The van der Waals surface area contributed by atoms with Crippen LogP contribution in [0.2, 0.25) is 0 Å². The average Bonchev–Trinajstić information content (AvgIpc) is 3.58. The smallest absolute Gasteiger partial charge is 0.407 e. The number of hydrogen-bond acceptors (Lipinski definition) is 6. The third kappa shape index (κ3) is 5.88. The Balaban J connectivity index is 1.55. The van der Waals surface area contributed by atoms with Gasteiger partial charge in [-0.15, -0.1) is 0 Å². The van der Waals surface area contributed by atoms with E-state index in [1.807, 2.05) is 13.0 Å². The van der Waals surface area contributed by atoms with Crippen molar-refractivity contribution in [3.63, 3.8) is 0 Å². The lowest BCUT2D eigenvalue weighted by Crippen LogP contribution is -2.57. The molecule has 1 aliphatic carbocycles. The number of amides is 2. The summed E-state index contributed by atoms with van der Waals surface area (Å²) in [5.41, 5.74) is 0.908. The monoisotopic (exact) mass is 551 g/mol. The van der Waals surface area contributed by atoms with E-state index < -0.39 is 36.3 Å². The molecule has 3 aliphatic rings. The van der Waals surface area contributed by atoms with Crippen LogP contribution in [0.5, 0.6) is 5.88 Å². The van der Waals surface area contributed by atoms with Gasteiger partial charge in [-0.25, -0.2) is 14.6 Å². The topological polar surface area (TPSA) is 118 Å². The van der Waals surface area contributed by atoms with Gasteiger partial charge in [0.15, 0.2) is 0 Å². The van der Waals surface area contributed by atoms with E-state index in [9.17, 15) is 19.5 Å². The van der Waals surface area contributed by atoms with Gasteiger partial charge in [0.05, 0.1) is 12.6 Å². The van der Waals surface area contributed by atoms with Gasteiger partial charge in [-0.1, -0.05) is 45.7 Å². The van der Waals surface area contributed by atoms with E-state index in [0.717, 1.165) is 61.3 Å². The minimum absolute atomic E-state index is 0.0660. The zero-order valence-electron chi connectivity index (χ0n) is 23.7. The zero-order chi connectivity index (χ0) is 28.4. The van der Waals surface area contributed by atoms with Gasteiger partial charge in [0, 0.05) is 18.0 Å². The maximum Gasteiger partial charge on any atom is 0.407 e. The highest BCUT2D eigenvalue weighted by Gasteiger charge is 2.50. The minimum atomic E-state index is -1.08. The lowest BCUT2D eigenvalue weighted by Gasteiger charge is -2.34. The molecule has 1 saturated carbocycles. The molecule has 5 rings (SSSR count). The molecule has 2 aliphatic heterocycles. The molecule has 2 fully saturated rings. The Morgan fingerprint density at radius 2 is 1.95 bits per heavy atom. The standard InChI is InChI=1S/C31H41N3O6/c1-4-23-25-17-24(29(36)37)34(23)28(35)26(21-9-5-6-10-21)33-30(38)39-18-31(2,3)14-7-8-19-11-12-20-13-15-32-27(40-25)22(20)16-19/h11-13,15-16,21,23-26H,4-10,14,17-18H2,1-3H3,(H,33,38)(H,36,37)/t23-,24+,25+,26+/m1/s1. The molecule has 216 valence electrons. The second-order valence-corrected chi connectivity index (χ2v) is 12.4. The van der Waals surface area contributed by atoms with Gasteiger partial charge in [-0.05, 0) is 72.9 Å². The number of nitrogens with zero attached hydrogens (tertiary/aromatic N) is 2. The predicted octanol–water partition coefficient (Wildman–Crippen LogP) is 5.09. The molecule has 2 aromatic rings. The SMILES string of the molecule is CC[C@@H]1[C@@H]2C[C@@H](C(=O)O)N1C(=O)[C@H](C1CCCC1)NC(=O)OCC(C)(C)CCCc1ccc3ccnc(c3c1)O2. The number of benzene rings is 1. The van der Waals surface area contributed by atoms with Crippen LogP contribution in [0.1, 0.15) is 77.7 Å². The Morgan fingerprint density at radius 3 is 2.67 bits per heavy atom. The summed E-state index contributed by atoms with van der Waals surface area (Å²) in [5.74, 6) is -1.06. The van der Waals surface area contributed by atoms with Crippen molar-refractivity contribution < 1.29 is 29.0 Å². The van der Waals surface area contributed by atoms with Crippen molar-refractivity contribution in [2.24, 2.45) is 11.3 Å². The van der Waals surface area contributed by atoms with Crippen molar-refractivity contribution in [2.75, 3.05) is 6.61 Å². The number of rotatable bonds is 3. The van der Waals surface area contributed by atoms with Crippen LogP contribution in [0, 0.1) is 11.3 Å². The molecule has 1 saturated heterocycles. The normalized spacial score (nSPS) is 28.0. The number of carbonyl (C=O) groups excluding carboxylic acids is 2. The summed E-state index contributed by atoms with van der Waals surface area (Å²) in [6, 6.07) is 5.82. The number of cyclic esters (lactones) is 1. The van der Waals surface area contributed by atoms with Crippen LogP contribution >= 0.6 is 0 Å². The van der Waals surface area contributed by atoms with Gasteiger partial charge in [0.25, 0.3) is 0 Å². The van der Waals surface area contributed by atoms with Crippen LogP contribution in [-0.4, -0.2) is 63.8 Å². The van der Waals surface area contributed by atoms with Gasteiger partial charge >= 0.3 is 12.1 Å². The molecule has 9 nitrogen and oxygen atoms in total. The Hall–Kier alpha value is -3.36. The summed E-state index contributed by atoms with van der Waals surface area (Å²) < 4.78 is 12.1. The molecule has 9 heteroatoms. The van der Waals surface area contributed by atoms with Gasteiger partial charge in [0.1, 0.15) is 18.2 Å². The Labute approximate surface area is 235 Å². The van der Waals surface area contributed by atoms with E-state index in [-0.39, 0.29) is 30.3 Å². The molecule has 0 spiro atoms. The van der Waals surface area contributed by atoms with E-state index in [2.05, 4.69) is 42.3 Å². The first-order valence-electron chi connectivity index (χ1n) is 14.7. The Morgan fingerprint density at radius 1 is 1.18 bits per heavy atom. The molecule has 2 N–H and O–H groups in total. The number of ether oxygens (including phenoxy) is 2. The average molecular weight is 552 g/mol. The fourth-order valence-corrected chi connectivity index (χ4v) is 6.71. The van der Waals surface area contributed by atoms with Crippen LogP contribution in [0.25, 0.3) is 10.8 Å². The summed E-state index contributed by atoms with van der Waals surface area (Å²) in [5, 5.41) is 14.9. The largest absolute Gasteiger partial charge is 0.480 e. The number of aryl methyl sites for hydroxylation is 1. The fourth-order valence-electron chi connectivity index (χ4n) is 6.71.